The van der Waals surface area contributed by atoms with Gasteiger partial charge in [0.15, 0.2) is 0 Å². The highest BCUT2D eigenvalue weighted by Gasteiger charge is 2.26. The first-order chi connectivity index (χ1) is 17.9. The monoisotopic (exact) mass is 531 g/mol. The first-order valence-electron chi connectivity index (χ1n) is 12.7. The Morgan fingerprint density at radius 3 is 2.03 bits per heavy atom. The fraction of sp³-hybridized carbons (Fsp3) is 0.792. The predicted molar refractivity (Wildman–Crippen MR) is 131 cm³/mol. The quantitative estimate of drug-likeness (QED) is 0.104. The standard InChI is InChI=1S/C24H41N3O10/c28-10-13-36-15-14-34-12-9-26-22(30)18-37-17-16-35-11-8-25-21(29)7-6-20(24(32)33)27-23(31)19-4-2-1-3-5-19/h10,19-20H,1-9,11-18H2,(H,25,29)(H,26,30)(H,27,31)(H,32,33). The molecule has 0 heterocycles. The minimum Gasteiger partial charge on any atom is -0.480 e. The maximum absolute atomic E-state index is 12.3. The van der Waals surface area contributed by atoms with Crippen molar-refractivity contribution in [3.63, 3.8) is 0 Å². The maximum Gasteiger partial charge on any atom is 0.326 e. The number of carbonyl (C=O) groups excluding carboxylic acids is 4. The van der Waals surface area contributed by atoms with Crippen molar-refractivity contribution in [3.05, 3.63) is 0 Å². The largest absolute Gasteiger partial charge is 0.480 e. The number of carbonyl (C=O) groups is 5. The van der Waals surface area contributed by atoms with Gasteiger partial charge in [-0.2, -0.15) is 0 Å². The number of aliphatic carboxylic acids is 1. The normalized spacial score (nSPS) is 14.5. The first kappa shape index (κ1) is 32.4. The van der Waals surface area contributed by atoms with Crippen molar-refractivity contribution in [2.75, 3.05) is 65.9 Å². The second-order valence-corrected chi connectivity index (χ2v) is 8.49. The van der Waals surface area contributed by atoms with E-state index in [0.29, 0.717) is 32.7 Å². The van der Waals surface area contributed by atoms with Crippen LogP contribution in [0.4, 0.5) is 0 Å². The van der Waals surface area contributed by atoms with Crippen LogP contribution < -0.4 is 16.0 Å². The zero-order valence-corrected chi connectivity index (χ0v) is 21.4. The van der Waals surface area contributed by atoms with E-state index in [2.05, 4.69) is 16.0 Å². The summed E-state index contributed by atoms with van der Waals surface area (Å²) in [5.74, 6) is -2.16. The Balaban J connectivity index is 1.98. The molecule has 1 atom stereocenters. The van der Waals surface area contributed by atoms with Crippen LogP contribution >= 0.6 is 0 Å². The van der Waals surface area contributed by atoms with Gasteiger partial charge >= 0.3 is 5.97 Å². The smallest absolute Gasteiger partial charge is 0.326 e. The molecule has 0 aliphatic heterocycles. The summed E-state index contributed by atoms with van der Waals surface area (Å²) >= 11 is 0. The molecule has 0 spiro atoms. The zero-order chi connectivity index (χ0) is 27.1. The van der Waals surface area contributed by atoms with Crippen LogP contribution in [-0.4, -0.2) is 107 Å². The van der Waals surface area contributed by atoms with E-state index in [-0.39, 0.29) is 76.1 Å². The third-order valence-electron chi connectivity index (χ3n) is 5.55. The third kappa shape index (κ3) is 17.5. The number of carboxylic acids is 1. The van der Waals surface area contributed by atoms with E-state index in [0.717, 1.165) is 32.1 Å². The van der Waals surface area contributed by atoms with Crippen LogP contribution in [0.25, 0.3) is 0 Å². The summed E-state index contributed by atoms with van der Waals surface area (Å²) in [5, 5.41) is 17.2. The van der Waals surface area contributed by atoms with Gasteiger partial charge in [0.05, 0.1) is 39.6 Å². The lowest BCUT2D eigenvalue weighted by Gasteiger charge is -2.23. The van der Waals surface area contributed by atoms with Gasteiger partial charge in [0.2, 0.25) is 17.7 Å². The van der Waals surface area contributed by atoms with Gasteiger partial charge in [-0.25, -0.2) is 4.79 Å². The van der Waals surface area contributed by atoms with Crippen LogP contribution in [0.15, 0.2) is 0 Å². The zero-order valence-electron chi connectivity index (χ0n) is 21.4. The number of nitrogens with one attached hydrogen (secondary N) is 3. The summed E-state index contributed by atoms with van der Waals surface area (Å²) in [6.45, 7) is 2.11. The van der Waals surface area contributed by atoms with Gasteiger partial charge in [0.1, 0.15) is 25.5 Å². The summed E-state index contributed by atoms with van der Waals surface area (Å²) in [4.78, 5) is 57.4. The van der Waals surface area contributed by atoms with E-state index in [1.54, 1.807) is 0 Å². The summed E-state index contributed by atoms with van der Waals surface area (Å²) in [6.07, 6.45) is 5.23. The maximum atomic E-state index is 12.3. The summed E-state index contributed by atoms with van der Waals surface area (Å²) < 4.78 is 20.7. The van der Waals surface area contributed by atoms with Gasteiger partial charge in [0.25, 0.3) is 0 Å². The van der Waals surface area contributed by atoms with Gasteiger partial charge in [-0.05, 0) is 19.3 Å². The van der Waals surface area contributed by atoms with Crippen molar-refractivity contribution in [2.24, 2.45) is 5.92 Å². The minimum atomic E-state index is -1.15. The van der Waals surface area contributed by atoms with Gasteiger partial charge in [0, 0.05) is 25.4 Å². The Kier molecular flexibility index (Phi) is 18.8. The molecule has 13 heteroatoms. The number of aldehydes is 1. The number of amides is 3. The average Bonchev–Trinajstić information content (AvgIpc) is 2.89. The van der Waals surface area contributed by atoms with Crippen molar-refractivity contribution in [2.45, 2.75) is 51.0 Å². The molecule has 1 unspecified atom stereocenters. The first-order valence-corrected chi connectivity index (χ1v) is 12.7. The molecule has 0 aromatic carbocycles. The van der Waals surface area contributed by atoms with E-state index in [1.807, 2.05) is 0 Å². The molecule has 212 valence electrons. The molecule has 1 aliphatic carbocycles. The second-order valence-electron chi connectivity index (χ2n) is 8.49. The Morgan fingerprint density at radius 2 is 1.41 bits per heavy atom. The molecule has 3 amide bonds. The molecule has 1 aliphatic rings. The lowest BCUT2D eigenvalue weighted by molar-refractivity contribution is -0.143. The molecule has 0 radical (unpaired) electrons. The van der Waals surface area contributed by atoms with Crippen LogP contribution in [-0.2, 0) is 42.9 Å². The molecule has 1 saturated carbocycles. The van der Waals surface area contributed by atoms with E-state index in [9.17, 15) is 29.1 Å². The lowest BCUT2D eigenvalue weighted by Crippen LogP contribution is -2.44. The van der Waals surface area contributed by atoms with E-state index in [4.69, 9.17) is 18.9 Å². The van der Waals surface area contributed by atoms with Crippen LogP contribution in [0.2, 0.25) is 0 Å². The van der Waals surface area contributed by atoms with E-state index >= 15 is 0 Å². The topological polar surface area (TPSA) is 179 Å². The molecule has 4 N–H and O–H groups in total. The molecule has 0 aromatic heterocycles. The van der Waals surface area contributed by atoms with E-state index in [1.165, 1.54) is 0 Å². The number of rotatable bonds is 22. The van der Waals surface area contributed by atoms with Crippen molar-refractivity contribution in [3.8, 4) is 0 Å². The fourth-order valence-corrected chi connectivity index (χ4v) is 3.59. The van der Waals surface area contributed by atoms with E-state index < -0.39 is 12.0 Å². The Morgan fingerprint density at radius 1 is 0.811 bits per heavy atom. The fourth-order valence-electron chi connectivity index (χ4n) is 3.59. The van der Waals surface area contributed by atoms with Crippen LogP contribution in [0.1, 0.15) is 44.9 Å². The average molecular weight is 532 g/mol. The number of hydrogen-bond acceptors (Lipinski definition) is 9. The molecular weight excluding hydrogens is 490 g/mol. The summed E-state index contributed by atoms with van der Waals surface area (Å²) in [5.41, 5.74) is 0. The van der Waals surface area contributed by atoms with Gasteiger partial charge in [-0.3, -0.25) is 14.4 Å². The van der Waals surface area contributed by atoms with Crippen molar-refractivity contribution in [1.82, 2.24) is 16.0 Å². The predicted octanol–water partition coefficient (Wildman–Crippen LogP) is -0.586. The van der Waals surface area contributed by atoms with Gasteiger partial charge < -0.3 is 44.8 Å². The Bertz CT molecular complexity index is 686. The van der Waals surface area contributed by atoms with Crippen molar-refractivity contribution in [1.29, 1.82) is 0 Å². The molecule has 37 heavy (non-hydrogen) atoms. The van der Waals surface area contributed by atoms with Gasteiger partial charge in [-0.1, -0.05) is 19.3 Å². The highest BCUT2D eigenvalue weighted by molar-refractivity contribution is 5.85. The molecule has 0 saturated heterocycles. The molecular formula is C24H41N3O10. The Labute approximate surface area is 217 Å². The molecule has 0 bridgehead atoms. The molecule has 1 fully saturated rings. The van der Waals surface area contributed by atoms with Crippen molar-refractivity contribution >= 4 is 30.0 Å². The van der Waals surface area contributed by atoms with Crippen molar-refractivity contribution < 1.29 is 48.0 Å². The summed E-state index contributed by atoms with van der Waals surface area (Å²) in [7, 11) is 0. The van der Waals surface area contributed by atoms with Gasteiger partial charge in [-0.15, -0.1) is 0 Å². The highest BCUT2D eigenvalue weighted by Crippen LogP contribution is 2.23. The second kappa shape index (κ2) is 21.5. The minimum absolute atomic E-state index is 0.0122. The SMILES string of the molecule is O=CCOCCOCCNC(=O)COCCOCCNC(=O)CCC(NC(=O)C1CCCCC1)C(=O)O. The van der Waals surface area contributed by atoms with Crippen LogP contribution in [0, 0.1) is 5.92 Å². The number of hydrogen-bond donors (Lipinski definition) is 4. The Hall–Kier alpha value is -2.61. The van der Waals surface area contributed by atoms with Crippen LogP contribution in [0.3, 0.4) is 0 Å². The lowest BCUT2D eigenvalue weighted by atomic mass is 9.88. The third-order valence-corrected chi connectivity index (χ3v) is 5.55. The number of ether oxygens (including phenoxy) is 4. The molecule has 0 aromatic rings. The van der Waals surface area contributed by atoms with Crippen LogP contribution in [0.5, 0.6) is 0 Å². The summed E-state index contributed by atoms with van der Waals surface area (Å²) in [6, 6.07) is -1.09. The highest BCUT2D eigenvalue weighted by atomic mass is 16.5. The molecule has 1 rings (SSSR count). The molecule has 13 nitrogen and oxygen atoms in total. The number of carboxylic acid groups (broad SMARTS) is 1.